The molecule has 3 aliphatic rings. The average Bonchev–Trinajstić information content (AvgIpc) is 3.18. The molecule has 4 rings (SSSR count). The SMILES string of the molecule is O=C([C@@H]1CCOC1)N1CC2(C1)[C@@H](COc1ncccn1)CCS2(=O)=O. The molecule has 0 radical (unpaired) electrons. The molecule has 0 N–H and O–H groups in total. The zero-order valence-electron chi connectivity index (χ0n) is 13.8. The van der Waals surface area contributed by atoms with Crippen molar-refractivity contribution >= 4 is 15.7 Å². The zero-order chi connectivity index (χ0) is 17.5. The van der Waals surface area contributed by atoms with Crippen molar-refractivity contribution in [2.75, 3.05) is 38.7 Å². The Kier molecular flexibility index (Phi) is 4.15. The Hall–Kier alpha value is -1.74. The molecule has 3 aliphatic heterocycles. The summed E-state index contributed by atoms with van der Waals surface area (Å²) in [6.07, 6.45) is 4.42. The van der Waals surface area contributed by atoms with E-state index < -0.39 is 14.6 Å². The predicted octanol–water partition coefficient (Wildman–Crippen LogP) is -0.0924. The van der Waals surface area contributed by atoms with Gasteiger partial charge in [0.15, 0.2) is 9.84 Å². The van der Waals surface area contributed by atoms with Crippen LogP contribution >= 0.6 is 0 Å². The molecule has 2 atom stereocenters. The van der Waals surface area contributed by atoms with Crippen molar-refractivity contribution in [1.29, 1.82) is 0 Å². The second-order valence-electron chi connectivity index (χ2n) is 6.97. The fraction of sp³-hybridized carbons (Fsp3) is 0.688. The maximum absolute atomic E-state index is 12.6. The lowest BCUT2D eigenvalue weighted by Gasteiger charge is -2.50. The van der Waals surface area contributed by atoms with Crippen LogP contribution in [-0.4, -0.2) is 72.6 Å². The normalized spacial score (nSPS) is 29.5. The average molecular weight is 367 g/mol. The summed E-state index contributed by atoms with van der Waals surface area (Å²) in [4.78, 5) is 22.1. The first-order valence-corrected chi connectivity index (χ1v) is 10.2. The maximum Gasteiger partial charge on any atom is 0.316 e. The molecular weight excluding hydrogens is 346 g/mol. The highest BCUT2D eigenvalue weighted by molar-refractivity contribution is 7.93. The van der Waals surface area contributed by atoms with Crippen LogP contribution < -0.4 is 4.74 Å². The third-order valence-electron chi connectivity index (χ3n) is 5.56. The lowest BCUT2D eigenvalue weighted by atomic mass is 9.83. The second kappa shape index (κ2) is 6.21. The van der Waals surface area contributed by atoms with Crippen molar-refractivity contribution in [3.8, 4) is 6.01 Å². The van der Waals surface area contributed by atoms with Crippen molar-refractivity contribution in [3.63, 3.8) is 0 Å². The van der Waals surface area contributed by atoms with Crippen LogP contribution in [0.5, 0.6) is 6.01 Å². The van der Waals surface area contributed by atoms with Gasteiger partial charge in [0.25, 0.3) is 0 Å². The Morgan fingerprint density at radius 3 is 2.76 bits per heavy atom. The summed E-state index contributed by atoms with van der Waals surface area (Å²) in [5.41, 5.74) is 0. The molecule has 136 valence electrons. The van der Waals surface area contributed by atoms with Gasteiger partial charge >= 0.3 is 6.01 Å². The van der Waals surface area contributed by atoms with E-state index in [0.29, 0.717) is 26.1 Å². The van der Waals surface area contributed by atoms with Gasteiger partial charge in [-0.25, -0.2) is 18.4 Å². The van der Waals surface area contributed by atoms with Gasteiger partial charge in [0.1, 0.15) is 4.75 Å². The minimum atomic E-state index is -3.24. The van der Waals surface area contributed by atoms with Crippen LogP contribution in [0, 0.1) is 11.8 Å². The van der Waals surface area contributed by atoms with Crippen molar-refractivity contribution < 1.29 is 22.7 Å². The minimum absolute atomic E-state index is 0.0105. The van der Waals surface area contributed by atoms with E-state index in [9.17, 15) is 13.2 Å². The van der Waals surface area contributed by atoms with Gasteiger partial charge in [0.05, 0.1) is 24.9 Å². The van der Waals surface area contributed by atoms with Gasteiger partial charge in [-0.15, -0.1) is 0 Å². The number of likely N-dealkylation sites (tertiary alicyclic amines) is 1. The van der Waals surface area contributed by atoms with E-state index in [1.54, 1.807) is 23.4 Å². The van der Waals surface area contributed by atoms with E-state index in [4.69, 9.17) is 9.47 Å². The third kappa shape index (κ3) is 2.79. The molecule has 1 aromatic heterocycles. The number of aromatic nitrogens is 2. The van der Waals surface area contributed by atoms with Gasteiger partial charge in [0, 0.05) is 38.0 Å². The van der Waals surface area contributed by atoms with Crippen molar-refractivity contribution in [3.05, 3.63) is 18.5 Å². The number of sulfone groups is 1. The van der Waals surface area contributed by atoms with Crippen LogP contribution in [0.4, 0.5) is 0 Å². The van der Waals surface area contributed by atoms with Crippen LogP contribution in [0.25, 0.3) is 0 Å². The molecule has 1 aromatic rings. The van der Waals surface area contributed by atoms with E-state index in [0.717, 1.165) is 0 Å². The number of amides is 1. The third-order valence-corrected chi connectivity index (χ3v) is 8.17. The molecule has 9 heteroatoms. The van der Waals surface area contributed by atoms with Crippen molar-refractivity contribution in [2.45, 2.75) is 17.6 Å². The number of rotatable bonds is 4. The largest absolute Gasteiger partial charge is 0.463 e. The van der Waals surface area contributed by atoms with E-state index in [1.165, 1.54) is 0 Å². The second-order valence-corrected chi connectivity index (χ2v) is 9.42. The molecule has 0 bridgehead atoms. The van der Waals surface area contributed by atoms with Gasteiger partial charge in [-0.05, 0) is 18.9 Å². The van der Waals surface area contributed by atoms with Crippen LogP contribution in [-0.2, 0) is 19.4 Å². The summed E-state index contributed by atoms with van der Waals surface area (Å²) in [5.74, 6) is -0.124. The van der Waals surface area contributed by atoms with Gasteiger partial charge in [-0.1, -0.05) is 0 Å². The first-order valence-electron chi connectivity index (χ1n) is 8.50. The Balaban J connectivity index is 1.44. The quantitative estimate of drug-likeness (QED) is 0.733. The fourth-order valence-electron chi connectivity index (χ4n) is 3.99. The maximum atomic E-state index is 12.6. The molecule has 0 aliphatic carbocycles. The molecule has 0 unspecified atom stereocenters. The predicted molar refractivity (Wildman–Crippen MR) is 87.7 cm³/mol. The number of nitrogens with zero attached hydrogens (tertiary/aromatic N) is 3. The van der Waals surface area contributed by atoms with Crippen molar-refractivity contribution in [1.82, 2.24) is 14.9 Å². The highest BCUT2D eigenvalue weighted by atomic mass is 32.2. The summed E-state index contributed by atoms with van der Waals surface area (Å²) in [5, 5.41) is 0. The molecule has 1 amide bonds. The lowest BCUT2D eigenvalue weighted by molar-refractivity contribution is -0.142. The molecule has 4 heterocycles. The highest BCUT2D eigenvalue weighted by Gasteiger charge is 2.63. The summed E-state index contributed by atoms with van der Waals surface area (Å²) >= 11 is 0. The molecule has 25 heavy (non-hydrogen) atoms. The van der Waals surface area contributed by atoms with E-state index >= 15 is 0 Å². The smallest absolute Gasteiger partial charge is 0.316 e. The Labute approximate surface area is 146 Å². The molecule has 0 saturated carbocycles. The first-order chi connectivity index (χ1) is 12.0. The number of ether oxygens (including phenoxy) is 2. The van der Waals surface area contributed by atoms with Gasteiger partial charge in [0.2, 0.25) is 5.91 Å². The molecule has 3 fully saturated rings. The van der Waals surface area contributed by atoms with Crippen molar-refractivity contribution in [2.24, 2.45) is 11.8 Å². The molecule has 8 nitrogen and oxygen atoms in total. The Bertz CT molecular complexity index is 742. The van der Waals surface area contributed by atoms with Crippen LogP contribution in [0.1, 0.15) is 12.8 Å². The summed E-state index contributed by atoms with van der Waals surface area (Å²) in [6.45, 7) is 1.80. The van der Waals surface area contributed by atoms with E-state index in [2.05, 4.69) is 9.97 Å². The fourth-order valence-corrected chi connectivity index (χ4v) is 6.39. The summed E-state index contributed by atoms with van der Waals surface area (Å²) in [7, 11) is -3.24. The summed E-state index contributed by atoms with van der Waals surface area (Å²) in [6, 6.07) is 1.94. The Morgan fingerprint density at radius 1 is 1.32 bits per heavy atom. The minimum Gasteiger partial charge on any atom is -0.463 e. The van der Waals surface area contributed by atoms with E-state index in [-0.39, 0.29) is 49.2 Å². The topological polar surface area (TPSA) is 98.7 Å². The highest BCUT2D eigenvalue weighted by Crippen LogP contribution is 2.45. The van der Waals surface area contributed by atoms with E-state index in [1.807, 2.05) is 0 Å². The number of hydrogen-bond acceptors (Lipinski definition) is 7. The van der Waals surface area contributed by atoms with Crippen LogP contribution in [0.3, 0.4) is 0 Å². The molecule has 1 spiro atoms. The monoisotopic (exact) mass is 367 g/mol. The molecule has 0 aromatic carbocycles. The van der Waals surface area contributed by atoms with Crippen LogP contribution in [0.15, 0.2) is 18.5 Å². The van der Waals surface area contributed by atoms with Gasteiger partial charge < -0.3 is 14.4 Å². The van der Waals surface area contributed by atoms with Gasteiger partial charge in [-0.3, -0.25) is 4.79 Å². The van der Waals surface area contributed by atoms with Crippen LogP contribution in [0.2, 0.25) is 0 Å². The number of hydrogen-bond donors (Lipinski definition) is 0. The summed E-state index contributed by atoms with van der Waals surface area (Å²) < 4.78 is 35.2. The number of carbonyl (C=O) groups excluding carboxylic acids is 1. The first kappa shape index (κ1) is 16.7. The Morgan fingerprint density at radius 2 is 2.08 bits per heavy atom. The zero-order valence-corrected chi connectivity index (χ0v) is 14.7. The molecule has 3 saturated heterocycles. The van der Waals surface area contributed by atoms with Gasteiger partial charge in [-0.2, -0.15) is 0 Å². The lowest BCUT2D eigenvalue weighted by Crippen LogP contribution is -2.69. The standard InChI is InChI=1S/C16H21N3O5S/c20-14(12-2-6-23-8-12)19-10-16(11-19)13(3-7-25(16,21)22)9-24-15-17-4-1-5-18-15/h1,4-5,12-13H,2-3,6-11H2/t12-,13-/m1/s1. The number of carbonyl (C=O) groups is 1. The molecular formula is C16H21N3O5S.